The Balaban J connectivity index is 2.06. The number of ether oxygens (including phenoxy) is 2. The highest BCUT2D eigenvalue weighted by atomic mass is 16.7. The molecule has 0 aliphatic carbocycles. The highest BCUT2D eigenvalue weighted by molar-refractivity contribution is 6.03. The number of carbonyl (C=O) groups excluding carboxylic acids is 1. The third-order valence-corrected chi connectivity index (χ3v) is 5.78. The third kappa shape index (κ3) is 5.36. The number of rotatable bonds is 8. The van der Waals surface area contributed by atoms with Crippen LogP contribution in [0.25, 0.3) is 22.2 Å². The van der Waals surface area contributed by atoms with Crippen molar-refractivity contribution in [1.82, 2.24) is 10.1 Å². The van der Waals surface area contributed by atoms with Crippen molar-refractivity contribution < 1.29 is 18.8 Å². The number of carbonyl (C=O) groups is 1. The molecule has 1 N–H and O–H groups in total. The summed E-state index contributed by atoms with van der Waals surface area (Å²) in [5, 5.41) is 8.23. The SMILES string of the molecule is CCOC(C)Oc1onc(C(C)(C)C)c1-c1ccc2c(NC(=O)C(C)(C)CC)cccc2n1. The summed E-state index contributed by atoms with van der Waals surface area (Å²) in [4.78, 5) is 17.6. The summed E-state index contributed by atoms with van der Waals surface area (Å²) in [6.07, 6.45) is 0.261. The molecule has 0 fully saturated rings. The van der Waals surface area contributed by atoms with Crippen molar-refractivity contribution in [3.8, 4) is 17.2 Å². The van der Waals surface area contributed by atoms with E-state index in [0.29, 0.717) is 17.9 Å². The second-order valence-electron chi connectivity index (χ2n) is 9.84. The van der Waals surface area contributed by atoms with Crippen LogP contribution in [0.5, 0.6) is 5.95 Å². The lowest BCUT2D eigenvalue weighted by Gasteiger charge is -2.22. The molecule has 1 unspecified atom stereocenters. The normalized spacial score (nSPS) is 13.2. The minimum Gasteiger partial charge on any atom is -0.434 e. The third-order valence-electron chi connectivity index (χ3n) is 5.78. The molecular weight excluding hydrogens is 418 g/mol. The standard InChI is InChI=1S/C26H35N3O4/c1-9-26(7,8)24(30)28-19-13-11-12-18-17(19)14-15-20(27-18)21-22(25(4,5)6)29-33-23(21)32-16(3)31-10-2/h11-16H,9-10H2,1-8H3,(H,28,30). The van der Waals surface area contributed by atoms with Crippen LogP contribution in [0.1, 0.15) is 67.5 Å². The molecule has 1 atom stereocenters. The monoisotopic (exact) mass is 453 g/mol. The van der Waals surface area contributed by atoms with Crippen LogP contribution in [0.3, 0.4) is 0 Å². The van der Waals surface area contributed by atoms with E-state index in [-0.39, 0.29) is 17.3 Å². The number of pyridine rings is 1. The first-order valence-corrected chi connectivity index (χ1v) is 11.5. The Hall–Kier alpha value is -2.93. The van der Waals surface area contributed by atoms with Gasteiger partial charge in [0.25, 0.3) is 0 Å². The molecular formula is C26H35N3O4. The molecule has 0 saturated carbocycles. The molecule has 178 valence electrons. The number of benzene rings is 1. The van der Waals surface area contributed by atoms with Gasteiger partial charge in [0.2, 0.25) is 5.91 Å². The Bertz CT molecular complexity index is 1130. The number of nitrogens with zero attached hydrogens (tertiary/aromatic N) is 2. The molecule has 7 heteroatoms. The number of aromatic nitrogens is 2. The molecule has 0 saturated heterocycles. The summed E-state index contributed by atoms with van der Waals surface area (Å²) >= 11 is 0. The van der Waals surface area contributed by atoms with E-state index >= 15 is 0 Å². The number of hydrogen-bond donors (Lipinski definition) is 1. The fourth-order valence-corrected chi connectivity index (χ4v) is 3.37. The summed E-state index contributed by atoms with van der Waals surface area (Å²) in [5.74, 6) is 0.262. The molecule has 1 aromatic carbocycles. The Morgan fingerprint density at radius 2 is 1.85 bits per heavy atom. The van der Waals surface area contributed by atoms with Gasteiger partial charge in [0.1, 0.15) is 11.3 Å². The van der Waals surface area contributed by atoms with E-state index < -0.39 is 11.7 Å². The lowest BCUT2D eigenvalue weighted by atomic mass is 9.88. The van der Waals surface area contributed by atoms with Crippen LogP contribution in [0.4, 0.5) is 5.69 Å². The Morgan fingerprint density at radius 3 is 2.48 bits per heavy atom. The summed E-state index contributed by atoms with van der Waals surface area (Å²) in [6.45, 7) is 16.3. The fraction of sp³-hybridized carbons (Fsp3) is 0.500. The fourth-order valence-electron chi connectivity index (χ4n) is 3.37. The smallest absolute Gasteiger partial charge is 0.323 e. The van der Waals surface area contributed by atoms with E-state index in [1.54, 1.807) is 0 Å². The van der Waals surface area contributed by atoms with Crippen molar-refractivity contribution in [2.45, 2.75) is 73.5 Å². The minimum absolute atomic E-state index is 0.0174. The van der Waals surface area contributed by atoms with Gasteiger partial charge in [0.15, 0.2) is 6.29 Å². The van der Waals surface area contributed by atoms with Crippen molar-refractivity contribution in [2.24, 2.45) is 5.41 Å². The van der Waals surface area contributed by atoms with Gasteiger partial charge in [-0.1, -0.05) is 52.8 Å². The predicted octanol–water partition coefficient (Wildman–Crippen LogP) is 6.32. The lowest BCUT2D eigenvalue weighted by molar-refractivity contribution is -0.124. The first kappa shape index (κ1) is 24.7. The minimum atomic E-state index is -0.487. The Morgan fingerprint density at radius 1 is 1.12 bits per heavy atom. The van der Waals surface area contributed by atoms with Gasteiger partial charge >= 0.3 is 5.95 Å². The molecule has 7 nitrogen and oxygen atoms in total. The first-order chi connectivity index (χ1) is 15.5. The molecule has 1 amide bonds. The quantitative estimate of drug-likeness (QED) is 0.401. The van der Waals surface area contributed by atoms with E-state index in [0.717, 1.165) is 28.7 Å². The Kier molecular flexibility index (Phi) is 7.12. The largest absolute Gasteiger partial charge is 0.434 e. The molecule has 2 heterocycles. The molecule has 3 aromatic rings. The molecule has 0 bridgehead atoms. The van der Waals surface area contributed by atoms with Gasteiger partial charge in [-0.15, -0.1) is 0 Å². The zero-order chi connectivity index (χ0) is 24.4. The van der Waals surface area contributed by atoms with Gasteiger partial charge in [-0.2, -0.15) is 0 Å². The molecule has 0 aliphatic rings. The van der Waals surface area contributed by atoms with Crippen molar-refractivity contribution >= 4 is 22.5 Å². The van der Waals surface area contributed by atoms with Gasteiger partial charge in [-0.25, -0.2) is 4.98 Å². The molecule has 0 aliphatic heterocycles. The maximum Gasteiger partial charge on any atom is 0.323 e. The first-order valence-electron chi connectivity index (χ1n) is 11.5. The summed E-state index contributed by atoms with van der Waals surface area (Å²) < 4.78 is 17.0. The molecule has 33 heavy (non-hydrogen) atoms. The van der Waals surface area contributed by atoms with Crippen LogP contribution in [-0.2, 0) is 14.9 Å². The van der Waals surface area contributed by atoms with E-state index in [1.165, 1.54) is 0 Å². The highest BCUT2D eigenvalue weighted by Crippen LogP contribution is 2.40. The van der Waals surface area contributed by atoms with E-state index in [1.807, 2.05) is 65.0 Å². The van der Waals surface area contributed by atoms with Crippen LogP contribution in [-0.4, -0.2) is 28.9 Å². The van der Waals surface area contributed by atoms with Gasteiger partial charge in [0.05, 0.1) is 16.9 Å². The topological polar surface area (TPSA) is 86.5 Å². The average Bonchev–Trinajstić information content (AvgIpc) is 3.17. The number of amides is 1. The number of hydrogen-bond acceptors (Lipinski definition) is 6. The van der Waals surface area contributed by atoms with Crippen molar-refractivity contribution in [1.29, 1.82) is 0 Å². The van der Waals surface area contributed by atoms with Crippen molar-refractivity contribution in [3.63, 3.8) is 0 Å². The maximum atomic E-state index is 12.7. The lowest BCUT2D eigenvalue weighted by Crippen LogP contribution is -2.30. The number of anilines is 1. The van der Waals surface area contributed by atoms with Crippen molar-refractivity contribution in [2.75, 3.05) is 11.9 Å². The summed E-state index contributed by atoms with van der Waals surface area (Å²) in [5.41, 5.74) is 2.89. The molecule has 3 rings (SSSR count). The van der Waals surface area contributed by atoms with Crippen molar-refractivity contribution in [3.05, 3.63) is 36.0 Å². The van der Waals surface area contributed by atoms with E-state index in [9.17, 15) is 4.79 Å². The van der Waals surface area contributed by atoms with Crippen LogP contribution < -0.4 is 10.1 Å². The molecule has 0 radical (unpaired) electrons. The second kappa shape index (κ2) is 9.51. The summed E-state index contributed by atoms with van der Waals surface area (Å²) in [6, 6.07) is 9.57. The summed E-state index contributed by atoms with van der Waals surface area (Å²) in [7, 11) is 0. The zero-order valence-electron chi connectivity index (χ0n) is 20.9. The average molecular weight is 454 g/mol. The highest BCUT2D eigenvalue weighted by Gasteiger charge is 2.30. The van der Waals surface area contributed by atoms with Gasteiger partial charge in [-0.3, -0.25) is 4.79 Å². The molecule has 0 spiro atoms. The zero-order valence-corrected chi connectivity index (χ0v) is 20.9. The van der Waals surface area contributed by atoms with Gasteiger partial charge in [0, 0.05) is 22.8 Å². The van der Waals surface area contributed by atoms with Crippen LogP contribution in [0, 0.1) is 5.41 Å². The number of fused-ring (bicyclic) bond motifs is 1. The predicted molar refractivity (Wildman–Crippen MR) is 130 cm³/mol. The van der Waals surface area contributed by atoms with E-state index in [2.05, 4.69) is 31.2 Å². The van der Waals surface area contributed by atoms with Crippen LogP contribution in [0.2, 0.25) is 0 Å². The van der Waals surface area contributed by atoms with Gasteiger partial charge in [-0.05, 0) is 44.5 Å². The van der Waals surface area contributed by atoms with Gasteiger partial charge < -0.3 is 19.3 Å². The van der Waals surface area contributed by atoms with E-state index in [4.69, 9.17) is 19.0 Å². The second-order valence-corrected chi connectivity index (χ2v) is 9.84. The van der Waals surface area contributed by atoms with Crippen LogP contribution >= 0.6 is 0 Å². The van der Waals surface area contributed by atoms with Crippen LogP contribution in [0.15, 0.2) is 34.9 Å². The Labute approximate surface area is 195 Å². The maximum absolute atomic E-state index is 12.7. The number of nitrogens with one attached hydrogen (secondary N) is 1. The molecule has 2 aromatic heterocycles.